The van der Waals surface area contributed by atoms with Gasteiger partial charge in [-0.05, 0) is 42.3 Å². The van der Waals surface area contributed by atoms with E-state index in [1.165, 1.54) is 0 Å². The van der Waals surface area contributed by atoms with Crippen LogP contribution in [-0.4, -0.2) is 31.7 Å². The van der Waals surface area contributed by atoms with E-state index in [4.69, 9.17) is 0 Å². The van der Waals surface area contributed by atoms with E-state index in [0.29, 0.717) is 12.4 Å². The van der Waals surface area contributed by atoms with Gasteiger partial charge in [0, 0.05) is 13.1 Å². The largest absolute Gasteiger partial charge is 0.367 e. The molecule has 3 aromatic rings. The Balaban J connectivity index is 1.57. The Bertz CT molecular complexity index is 941. The minimum absolute atomic E-state index is 0.243. The summed E-state index contributed by atoms with van der Waals surface area (Å²) in [5, 5.41) is 10.9. The highest BCUT2D eigenvalue weighted by atomic mass is 32.2. The number of nitrogens with zero attached hydrogens (tertiary/aromatic N) is 2. The SMILES string of the molecule is Cc1ccc(NCCNS(=O)(=O)c2ccc(-c3ccccc3)cc2)nn1. The van der Waals surface area contributed by atoms with Gasteiger partial charge in [0.15, 0.2) is 0 Å². The third-order valence-electron chi connectivity index (χ3n) is 3.79. The van der Waals surface area contributed by atoms with E-state index in [1.807, 2.05) is 55.5 Å². The van der Waals surface area contributed by atoms with Gasteiger partial charge in [0.1, 0.15) is 5.82 Å². The summed E-state index contributed by atoms with van der Waals surface area (Å²) in [6.07, 6.45) is 0. The van der Waals surface area contributed by atoms with Crippen LogP contribution in [0.3, 0.4) is 0 Å². The number of hydrogen-bond donors (Lipinski definition) is 2. The molecule has 1 aromatic heterocycles. The second-order valence-electron chi connectivity index (χ2n) is 5.77. The van der Waals surface area contributed by atoms with Gasteiger partial charge in [0.25, 0.3) is 0 Å². The summed E-state index contributed by atoms with van der Waals surface area (Å²) < 4.78 is 27.3. The van der Waals surface area contributed by atoms with Crippen LogP contribution in [0, 0.1) is 6.92 Å². The first-order valence-corrected chi connectivity index (χ1v) is 9.72. The molecule has 0 bridgehead atoms. The van der Waals surface area contributed by atoms with Crippen LogP contribution < -0.4 is 10.0 Å². The van der Waals surface area contributed by atoms with Gasteiger partial charge in [-0.1, -0.05) is 42.5 Å². The monoisotopic (exact) mass is 368 g/mol. The maximum absolute atomic E-state index is 12.4. The molecule has 0 amide bonds. The second-order valence-corrected chi connectivity index (χ2v) is 7.54. The number of benzene rings is 2. The highest BCUT2D eigenvalue weighted by molar-refractivity contribution is 7.89. The Morgan fingerprint density at radius 1 is 0.808 bits per heavy atom. The molecule has 26 heavy (non-hydrogen) atoms. The van der Waals surface area contributed by atoms with E-state index in [1.54, 1.807) is 18.2 Å². The van der Waals surface area contributed by atoms with Crippen molar-refractivity contribution in [2.24, 2.45) is 0 Å². The van der Waals surface area contributed by atoms with Crippen molar-refractivity contribution in [1.29, 1.82) is 0 Å². The first-order chi connectivity index (χ1) is 12.5. The zero-order chi connectivity index (χ0) is 18.4. The molecule has 0 radical (unpaired) electrons. The number of rotatable bonds is 7. The fraction of sp³-hybridized carbons (Fsp3) is 0.158. The Kier molecular flexibility index (Phi) is 5.60. The van der Waals surface area contributed by atoms with Gasteiger partial charge < -0.3 is 5.32 Å². The van der Waals surface area contributed by atoms with E-state index in [0.717, 1.165) is 16.8 Å². The Labute approximate surface area is 153 Å². The van der Waals surface area contributed by atoms with Crippen molar-refractivity contribution >= 4 is 15.8 Å². The zero-order valence-corrected chi connectivity index (χ0v) is 15.2. The lowest BCUT2D eigenvalue weighted by Crippen LogP contribution is -2.29. The lowest BCUT2D eigenvalue weighted by atomic mass is 10.1. The molecule has 0 fully saturated rings. The van der Waals surface area contributed by atoms with Gasteiger partial charge in [0.2, 0.25) is 10.0 Å². The highest BCUT2D eigenvalue weighted by Gasteiger charge is 2.13. The fourth-order valence-electron chi connectivity index (χ4n) is 2.41. The number of sulfonamides is 1. The summed E-state index contributed by atoms with van der Waals surface area (Å²) in [5.41, 5.74) is 2.85. The number of aromatic nitrogens is 2. The summed E-state index contributed by atoms with van der Waals surface area (Å²) in [5.74, 6) is 0.613. The predicted molar refractivity (Wildman–Crippen MR) is 102 cm³/mol. The van der Waals surface area contributed by atoms with Gasteiger partial charge in [-0.25, -0.2) is 13.1 Å². The lowest BCUT2D eigenvalue weighted by molar-refractivity contribution is 0.583. The molecule has 0 saturated heterocycles. The average molecular weight is 368 g/mol. The van der Waals surface area contributed by atoms with E-state index >= 15 is 0 Å². The van der Waals surface area contributed by atoms with Gasteiger partial charge in [-0.3, -0.25) is 0 Å². The fourth-order valence-corrected chi connectivity index (χ4v) is 3.44. The second kappa shape index (κ2) is 8.07. The van der Waals surface area contributed by atoms with Crippen LogP contribution in [0.1, 0.15) is 5.69 Å². The first-order valence-electron chi connectivity index (χ1n) is 8.24. The lowest BCUT2D eigenvalue weighted by Gasteiger charge is -2.09. The van der Waals surface area contributed by atoms with Gasteiger partial charge >= 0.3 is 0 Å². The predicted octanol–water partition coefficient (Wildman–Crippen LogP) is 2.84. The van der Waals surface area contributed by atoms with Crippen LogP contribution in [0.2, 0.25) is 0 Å². The van der Waals surface area contributed by atoms with Crippen molar-refractivity contribution in [1.82, 2.24) is 14.9 Å². The molecule has 0 aliphatic carbocycles. The first kappa shape index (κ1) is 18.0. The van der Waals surface area contributed by atoms with Crippen molar-refractivity contribution in [3.05, 3.63) is 72.4 Å². The Hall–Kier alpha value is -2.77. The summed E-state index contributed by atoms with van der Waals surface area (Å²) in [4.78, 5) is 0.243. The topological polar surface area (TPSA) is 84.0 Å². The molecule has 0 aliphatic rings. The molecule has 2 N–H and O–H groups in total. The molecule has 3 rings (SSSR count). The Morgan fingerprint density at radius 3 is 2.15 bits per heavy atom. The number of aryl methyl sites for hydroxylation is 1. The molecule has 0 aliphatic heterocycles. The Morgan fingerprint density at radius 2 is 1.50 bits per heavy atom. The van der Waals surface area contributed by atoms with E-state index in [9.17, 15) is 8.42 Å². The summed E-state index contributed by atoms with van der Waals surface area (Å²) in [7, 11) is -3.55. The quantitative estimate of drug-likeness (QED) is 0.627. The number of nitrogens with one attached hydrogen (secondary N) is 2. The molecule has 7 heteroatoms. The van der Waals surface area contributed by atoms with Crippen LogP contribution >= 0.6 is 0 Å². The summed E-state index contributed by atoms with van der Waals surface area (Å²) in [6.45, 7) is 2.52. The smallest absolute Gasteiger partial charge is 0.240 e. The molecule has 0 saturated carbocycles. The molecule has 6 nitrogen and oxygen atoms in total. The van der Waals surface area contributed by atoms with Crippen molar-refractivity contribution in [2.45, 2.75) is 11.8 Å². The molecular formula is C19H20N4O2S. The molecular weight excluding hydrogens is 348 g/mol. The average Bonchev–Trinajstić information content (AvgIpc) is 2.67. The van der Waals surface area contributed by atoms with E-state index in [-0.39, 0.29) is 11.4 Å². The standard InChI is InChI=1S/C19H20N4O2S/c1-15-7-12-19(23-22-15)20-13-14-21-26(24,25)18-10-8-17(9-11-18)16-5-3-2-4-6-16/h2-12,21H,13-14H2,1H3,(H,20,23). The van der Waals surface area contributed by atoms with E-state index < -0.39 is 10.0 Å². The molecule has 1 heterocycles. The minimum atomic E-state index is -3.55. The van der Waals surface area contributed by atoms with Gasteiger partial charge in [-0.15, -0.1) is 5.10 Å². The van der Waals surface area contributed by atoms with E-state index in [2.05, 4.69) is 20.2 Å². The van der Waals surface area contributed by atoms with Gasteiger partial charge in [-0.2, -0.15) is 5.10 Å². The summed E-state index contributed by atoms with van der Waals surface area (Å²) >= 11 is 0. The molecule has 0 unspecified atom stereocenters. The maximum atomic E-state index is 12.4. The normalized spacial score (nSPS) is 11.3. The van der Waals surface area contributed by atoms with Crippen LogP contribution in [0.25, 0.3) is 11.1 Å². The molecule has 134 valence electrons. The highest BCUT2D eigenvalue weighted by Crippen LogP contribution is 2.20. The van der Waals surface area contributed by atoms with Crippen molar-refractivity contribution in [3.63, 3.8) is 0 Å². The third kappa shape index (κ3) is 4.65. The number of anilines is 1. The van der Waals surface area contributed by atoms with Crippen LogP contribution in [0.4, 0.5) is 5.82 Å². The van der Waals surface area contributed by atoms with Crippen molar-refractivity contribution < 1.29 is 8.42 Å². The zero-order valence-electron chi connectivity index (χ0n) is 14.4. The van der Waals surface area contributed by atoms with Crippen LogP contribution in [0.5, 0.6) is 0 Å². The van der Waals surface area contributed by atoms with Gasteiger partial charge in [0.05, 0.1) is 10.6 Å². The van der Waals surface area contributed by atoms with Crippen molar-refractivity contribution in [2.75, 3.05) is 18.4 Å². The summed E-state index contributed by atoms with van der Waals surface area (Å²) in [6, 6.07) is 20.3. The molecule has 0 spiro atoms. The van der Waals surface area contributed by atoms with Crippen LogP contribution in [0.15, 0.2) is 71.6 Å². The minimum Gasteiger partial charge on any atom is -0.367 e. The molecule has 0 atom stereocenters. The van der Waals surface area contributed by atoms with Crippen molar-refractivity contribution in [3.8, 4) is 11.1 Å². The molecule has 2 aromatic carbocycles. The van der Waals surface area contributed by atoms with Crippen LogP contribution in [-0.2, 0) is 10.0 Å². The number of hydrogen-bond acceptors (Lipinski definition) is 5. The maximum Gasteiger partial charge on any atom is 0.240 e. The third-order valence-corrected chi connectivity index (χ3v) is 5.27.